The molecule has 0 aromatic heterocycles. The van der Waals surface area contributed by atoms with Gasteiger partial charge in [0.1, 0.15) is 0 Å². The average Bonchev–Trinajstić information content (AvgIpc) is 1.36. The molecule has 4 N–H and O–H groups in total. The Morgan fingerprint density at radius 3 is 2.17 bits per heavy atom. The smallest absolute Gasteiger partial charge is 0.229 e. The van der Waals surface area contributed by atoms with Gasteiger partial charge in [-0.1, -0.05) is 0 Å². The van der Waals surface area contributed by atoms with Crippen molar-refractivity contribution in [3.8, 4) is 0 Å². The fourth-order valence-electron chi connectivity index (χ4n) is 0. The molecule has 4 nitrogen and oxygen atoms in total. The zero-order valence-corrected chi connectivity index (χ0v) is 3.61. The number of nitrogens with zero attached hydrogens (tertiary/aromatic N) is 1. The van der Waals surface area contributed by atoms with E-state index in [4.69, 9.17) is 10.6 Å². The number of halogens is 1. The lowest BCUT2D eigenvalue weighted by Gasteiger charge is -1.98. The lowest BCUT2D eigenvalue weighted by atomic mass is 11.1. The first-order valence-electron chi connectivity index (χ1n) is 1.13. The fraction of sp³-hybridized carbons (Fsp3) is 0. The third-order valence-electron chi connectivity index (χ3n) is 0.199. The molecule has 0 heterocycles. The number of nitrogens with two attached hydrogens (primary N) is 1. The first kappa shape index (κ1) is 5.52. The van der Waals surface area contributed by atoms with Crippen molar-refractivity contribution < 1.29 is 5.21 Å². The summed E-state index contributed by atoms with van der Waals surface area (Å²) in [6, 6.07) is 0. The van der Waals surface area contributed by atoms with E-state index in [0.717, 1.165) is 0 Å². The lowest BCUT2D eigenvalue weighted by molar-refractivity contribution is 0.0809. The maximum atomic E-state index is 7.88. The van der Waals surface area contributed by atoms with Crippen LogP contribution in [-0.4, -0.2) is 15.7 Å². The molecule has 0 aromatic rings. The van der Waals surface area contributed by atoms with E-state index in [1.54, 1.807) is 0 Å². The molecular formula is CH4ClN3O. The second kappa shape index (κ2) is 1.84. The summed E-state index contributed by atoms with van der Waals surface area (Å²) in [5.41, 5.74) is 4.56. The Kier molecular flexibility index (Phi) is 1.69. The van der Waals surface area contributed by atoms with Crippen LogP contribution in [0.3, 0.4) is 0 Å². The van der Waals surface area contributed by atoms with Gasteiger partial charge in [0, 0.05) is 11.8 Å². The first-order chi connectivity index (χ1) is 2.64. The van der Waals surface area contributed by atoms with E-state index in [0.29, 0.717) is 0 Å². The summed E-state index contributed by atoms with van der Waals surface area (Å²) in [5, 5.41) is 14.1. The normalized spacial score (nSPS) is 7.67. The Hall–Kier alpha value is -0.480. The van der Waals surface area contributed by atoms with Gasteiger partial charge in [-0.2, -0.15) is 0 Å². The van der Waals surface area contributed by atoms with Gasteiger partial charge in [0.15, 0.2) is 0 Å². The molecule has 6 heavy (non-hydrogen) atoms. The van der Waals surface area contributed by atoms with Crippen molar-refractivity contribution in [3.63, 3.8) is 0 Å². The molecular weight excluding hydrogens is 105 g/mol. The molecule has 0 rings (SSSR count). The maximum Gasteiger partial charge on any atom is 0.229 e. The Morgan fingerprint density at radius 1 is 2.00 bits per heavy atom. The Labute approximate surface area is 39.7 Å². The maximum absolute atomic E-state index is 7.88. The van der Waals surface area contributed by atoms with Crippen LogP contribution in [0.15, 0.2) is 0 Å². The molecule has 0 aliphatic heterocycles. The van der Waals surface area contributed by atoms with Crippen molar-refractivity contribution in [2.24, 2.45) is 5.73 Å². The largest absolute Gasteiger partial charge is 0.367 e. The van der Waals surface area contributed by atoms with Crippen LogP contribution >= 0.6 is 11.8 Å². The SMILES string of the molecule is N=C(N)N(O)Cl. The van der Waals surface area contributed by atoms with Gasteiger partial charge in [0.25, 0.3) is 0 Å². The van der Waals surface area contributed by atoms with Gasteiger partial charge in [-0.15, -0.1) is 4.58 Å². The van der Waals surface area contributed by atoms with E-state index in [9.17, 15) is 0 Å². The zero-order chi connectivity index (χ0) is 5.15. The molecule has 5 heteroatoms. The summed E-state index contributed by atoms with van der Waals surface area (Å²) in [5.74, 6) is -0.586. The Bertz CT molecular complexity index is 61.8. The van der Waals surface area contributed by atoms with Crippen LogP contribution in [0.1, 0.15) is 0 Å². The van der Waals surface area contributed by atoms with E-state index >= 15 is 0 Å². The van der Waals surface area contributed by atoms with Gasteiger partial charge in [-0.3, -0.25) is 10.6 Å². The number of guanidine groups is 1. The van der Waals surface area contributed by atoms with Crippen LogP contribution in [-0.2, 0) is 0 Å². The van der Waals surface area contributed by atoms with Crippen LogP contribution in [0.25, 0.3) is 0 Å². The topological polar surface area (TPSA) is 73.3 Å². The molecule has 0 unspecified atom stereocenters. The summed E-state index contributed by atoms with van der Waals surface area (Å²) in [4.78, 5) is 0. The van der Waals surface area contributed by atoms with Gasteiger partial charge in [0.05, 0.1) is 0 Å². The molecule has 36 valence electrons. The number of hydrogen-bond donors (Lipinski definition) is 3. The highest BCUT2D eigenvalue weighted by Crippen LogP contribution is 1.79. The van der Waals surface area contributed by atoms with E-state index in [2.05, 4.69) is 17.5 Å². The highest BCUT2D eigenvalue weighted by atomic mass is 35.5. The van der Waals surface area contributed by atoms with Crippen LogP contribution in [0.4, 0.5) is 0 Å². The van der Waals surface area contributed by atoms with Crippen molar-refractivity contribution >= 4 is 17.7 Å². The van der Waals surface area contributed by atoms with Gasteiger partial charge in [0.2, 0.25) is 5.96 Å². The van der Waals surface area contributed by atoms with Crippen LogP contribution in [0.5, 0.6) is 0 Å². The predicted octanol–water partition coefficient (Wildman–Crippen LogP) is -0.275. The minimum Gasteiger partial charge on any atom is -0.367 e. The Balaban J connectivity index is 3.26. The van der Waals surface area contributed by atoms with Crippen LogP contribution in [0, 0.1) is 5.41 Å². The van der Waals surface area contributed by atoms with Gasteiger partial charge >= 0.3 is 0 Å². The van der Waals surface area contributed by atoms with Gasteiger partial charge < -0.3 is 5.73 Å². The van der Waals surface area contributed by atoms with Crippen LogP contribution in [0.2, 0.25) is 0 Å². The van der Waals surface area contributed by atoms with E-state index < -0.39 is 5.96 Å². The minimum absolute atomic E-state index is 0. The highest BCUT2D eigenvalue weighted by Gasteiger charge is 1.89. The predicted molar refractivity (Wildman–Crippen MR) is 21.4 cm³/mol. The quantitative estimate of drug-likeness (QED) is 0.173. The average molecular weight is 110 g/mol. The molecule has 0 fully saturated rings. The summed E-state index contributed by atoms with van der Waals surface area (Å²) in [6.07, 6.45) is 0. The molecule has 0 amide bonds. The molecule has 0 radical (unpaired) electrons. The van der Waals surface area contributed by atoms with E-state index in [-0.39, 0.29) is 4.58 Å². The minimum atomic E-state index is -0.586. The third-order valence-corrected chi connectivity index (χ3v) is 0.381. The number of hydrogen-bond acceptors (Lipinski definition) is 2. The summed E-state index contributed by atoms with van der Waals surface area (Å²) >= 11 is 4.65. The molecule has 0 saturated carbocycles. The molecule has 0 atom stereocenters. The molecule has 0 aliphatic carbocycles. The second-order valence-corrected chi connectivity index (χ2v) is 0.966. The van der Waals surface area contributed by atoms with Crippen molar-refractivity contribution in [1.82, 2.24) is 4.58 Å². The number of rotatable bonds is 0. The summed E-state index contributed by atoms with van der Waals surface area (Å²) in [6.45, 7) is 0. The van der Waals surface area contributed by atoms with Crippen molar-refractivity contribution in [3.05, 3.63) is 0 Å². The number of hydroxylamine groups is 1. The van der Waals surface area contributed by atoms with Crippen molar-refractivity contribution in [2.45, 2.75) is 0 Å². The molecule has 0 saturated heterocycles. The molecule has 0 bridgehead atoms. The monoisotopic (exact) mass is 109 g/mol. The molecule has 0 aliphatic rings. The lowest BCUT2D eigenvalue weighted by Crippen LogP contribution is -2.24. The number of nitrogens with one attached hydrogen (secondary N) is 1. The van der Waals surface area contributed by atoms with E-state index in [1.165, 1.54) is 0 Å². The first-order valence-corrected chi connectivity index (χ1v) is 1.47. The van der Waals surface area contributed by atoms with Crippen molar-refractivity contribution in [1.29, 1.82) is 5.41 Å². The summed E-state index contributed by atoms with van der Waals surface area (Å²) < 4.78 is 0. The Morgan fingerprint density at radius 2 is 2.17 bits per heavy atom. The van der Waals surface area contributed by atoms with Gasteiger partial charge in [-0.05, 0) is 0 Å². The molecule has 0 aromatic carbocycles. The second-order valence-electron chi connectivity index (χ2n) is 0.645. The third kappa shape index (κ3) is 1.80. The highest BCUT2D eigenvalue weighted by molar-refractivity contribution is 6.19. The fourth-order valence-corrected chi connectivity index (χ4v) is 0. The van der Waals surface area contributed by atoms with Crippen molar-refractivity contribution in [2.75, 3.05) is 0 Å². The van der Waals surface area contributed by atoms with Gasteiger partial charge in [-0.25, -0.2) is 0 Å². The van der Waals surface area contributed by atoms with Crippen LogP contribution < -0.4 is 5.73 Å². The zero-order valence-electron chi connectivity index (χ0n) is 2.85. The summed E-state index contributed by atoms with van der Waals surface area (Å²) in [7, 11) is 0. The van der Waals surface area contributed by atoms with E-state index in [1.807, 2.05) is 0 Å². The standard InChI is InChI=1S/CH4ClN3O/c2-5(6)1(3)4/h6H,(H3,3,4). The molecule has 0 spiro atoms.